The Morgan fingerprint density at radius 2 is 1.53 bits per heavy atom. The van der Waals surface area contributed by atoms with Crippen molar-refractivity contribution in [2.24, 2.45) is 41.1 Å². The van der Waals surface area contributed by atoms with Crippen LogP contribution >= 0.6 is 24.8 Å². The number of amides is 1. The van der Waals surface area contributed by atoms with Gasteiger partial charge in [-0.25, -0.2) is 4.79 Å². The van der Waals surface area contributed by atoms with Crippen molar-refractivity contribution in [2.75, 3.05) is 26.2 Å². The van der Waals surface area contributed by atoms with Crippen molar-refractivity contribution in [1.29, 1.82) is 0 Å². The van der Waals surface area contributed by atoms with Gasteiger partial charge in [0, 0.05) is 19.5 Å². The maximum Gasteiger partial charge on any atom is 0.410 e. The summed E-state index contributed by atoms with van der Waals surface area (Å²) in [4.78, 5) is 15.0. The predicted octanol–water partition coefficient (Wildman–Crippen LogP) is 6.86. The smallest absolute Gasteiger partial charge is 0.410 e. The van der Waals surface area contributed by atoms with Gasteiger partial charge in [0.15, 0.2) is 0 Å². The highest BCUT2D eigenvalue weighted by molar-refractivity contribution is 5.85. The van der Waals surface area contributed by atoms with Crippen LogP contribution in [0.1, 0.15) is 103 Å². The van der Waals surface area contributed by atoms with E-state index in [4.69, 9.17) is 16.2 Å². The van der Waals surface area contributed by atoms with Gasteiger partial charge in [-0.2, -0.15) is 0 Å². The van der Waals surface area contributed by atoms with Crippen molar-refractivity contribution in [3.8, 4) is 0 Å². The van der Waals surface area contributed by atoms with Crippen LogP contribution in [-0.2, 0) is 4.74 Å². The highest BCUT2D eigenvalue weighted by Gasteiger charge is 2.47. The van der Waals surface area contributed by atoms with E-state index in [1.165, 1.54) is 70.6 Å². The summed E-state index contributed by atoms with van der Waals surface area (Å²) in [6.07, 6.45) is 22.2. The van der Waals surface area contributed by atoms with Gasteiger partial charge in [0.2, 0.25) is 0 Å². The number of carbonyl (C=O) groups is 1. The third-order valence-corrected chi connectivity index (χ3v) is 9.64. The fraction of sp³-hybridized carbons (Fsp3) is 0.897. The number of nitrogens with two attached hydrogens (primary N) is 2. The van der Waals surface area contributed by atoms with Crippen LogP contribution in [-0.4, -0.2) is 43.3 Å². The van der Waals surface area contributed by atoms with Crippen molar-refractivity contribution in [1.82, 2.24) is 4.90 Å². The van der Waals surface area contributed by atoms with Crippen molar-refractivity contribution < 1.29 is 9.53 Å². The van der Waals surface area contributed by atoms with Crippen molar-refractivity contribution in [3.05, 3.63) is 11.6 Å². The summed E-state index contributed by atoms with van der Waals surface area (Å²) in [7, 11) is 0. The molecule has 0 aromatic carbocycles. The van der Waals surface area contributed by atoms with E-state index in [0.717, 1.165) is 74.8 Å². The zero-order chi connectivity index (χ0) is 23.8. The standard InChI is InChI=1S/C29H51N3O2.2ClH/c30-17-5-3-1-2-4-6-19-32(20-8-18-31)29(33)34-24-13-16-26-23(21-24)12-15-27-25-10-7-9-22(25)11-14-28(26)27;;/h12,22,24-28H,1-11,13-21,30-31H2;2*1H. The Morgan fingerprint density at radius 3 is 2.31 bits per heavy atom. The second-order valence-electron chi connectivity index (χ2n) is 11.7. The molecule has 4 aliphatic rings. The molecule has 0 radical (unpaired) electrons. The molecule has 0 bridgehead atoms. The number of halogens is 2. The summed E-state index contributed by atoms with van der Waals surface area (Å²) >= 11 is 0. The summed E-state index contributed by atoms with van der Waals surface area (Å²) in [6.45, 7) is 2.91. The van der Waals surface area contributed by atoms with Crippen LogP contribution in [0.5, 0.6) is 0 Å². The van der Waals surface area contributed by atoms with Crippen LogP contribution in [0.15, 0.2) is 11.6 Å². The Morgan fingerprint density at radius 1 is 0.806 bits per heavy atom. The Hall–Kier alpha value is -0.490. The lowest BCUT2D eigenvalue weighted by molar-refractivity contribution is 0.0224. The SMILES string of the molecule is Cl.Cl.NCCCCCCCCN(CCCN)C(=O)OC1CCC2C(=CCC3C4CCCC4CCC23)C1. The normalized spacial score (nSPS) is 30.6. The zero-order valence-corrected chi connectivity index (χ0v) is 24.1. The van der Waals surface area contributed by atoms with Crippen LogP contribution in [0.4, 0.5) is 4.79 Å². The molecule has 6 unspecified atom stereocenters. The van der Waals surface area contributed by atoms with Gasteiger partial charge in [0.05, 0.1) is 0 Å². The highest BCUT2D eigenvalue weighted by Crippen LogP contribution is 2.56. The number of ether oxygens (including phenoxy) is 1. The lowest BCUT2D eigenvalue weighted by atomic mass is 9.57. The van der Waals surface area contributed by atoms with Gasteiger partial charge < -0.3 is 21.1 Å². The predicted molar refractivity (Wildman–Crippen MR) is 154 cm³/mol. The number of fused-ring (bicyclic) bond motifs is 5. The summed E-state index contributed by atoms with van der Waals surface area (Å²) < 4.78 is 6.11. The third-order valence-electron chi connectivity index (χ3n) is 9.64. The first-order valence-electron chi connectivity index (χ1n) is 14.8. The highest BCUT2D eigenvalue weighted by atomic mass is 35.5. The van der Waals surface area contributed by atoms with E-state index in [9.17, 15) is 4.79 Å². The third kappa shape index (κ3) is 8.25. The first kappa shape index (κ1) is 31.7. The van der Waals surface area contributed by atoms with E-state index in [-0.39, 0.29) is 37.0 Å². The number of unbranched alkanes of at least 4 members (excludes halogenated alkanes) is 5. The molecule has 3 fully saturated rings. The van der Waals surface area contributed by atoms with E-state index in [1.54, 1.807) is 5.57 Å². The molecule has 0 spiro atoms. The van der Waals surface area contributed by atoms with Crippen molar-refractivity contribution >= 4 is 30.9 Å². The molecule has 36 heavy (non-hydrogen) atoms. The molecule has 4 rings (SSSR count). The summed E-state index contributed by atoms with van der Waals surface area (Å²) in [5.41, 5.74) is 12.9. The molecule has 6 atom stereocenters. The number of carbonyl (C=O) groups excluding carboxylic acids is 1. The molecule has 0 heterocycles. The topological polar surface area (TPSA) is 81.6 Å². The van der Waals surface area contributed by atoms with E-state index in [0.29, 0.717) is 13.1 Å². The fourth-order valence-corrected chi connectivity index (χ4v) is 7.90. The molecule has 0 aromatic rings. The number of hydrogen-bond donors (Lipinski definition) is 2. The average molecular weight is 547 g/mol. The molecule has 4 aliphatic carbocycles. The van der Waals surface area contributed by atoms with Gasteiger partial charge in [-0.05, 0) is 100 Å². The molecule has 4 N–H and O–H groups in total. The van der Waals surface area contributed by atoms with E-state index >= 15 is 0 Å². The lowest BCUT2D eigenvalue weighted by Gasteiger charge is -2.49. The lowest BCUT2D eigenvalue weighted by Crippen LogP contribution is -2.42. The Bertz CT molecular complexity index is 677. The first-order chi connectivity index (χ1) is 16.7. The zero-order valence-electron chi connectivity index (χ0n) is 22.4. The summed E-state index contributed by atoms with van der Waals surface area (Å²) in [6, 6.07) is 0. The molecule has 210 valence electrons. The van der Waals surface area contributed by atoms with Crippen LogP contribution in [0.2, 0.25) is 0 Å². The van der Waals surface area contributed by atoms with Crippen LogP contribution < -0.4 is 11.5 Å². The molecule has 7 heteroatoms. The van der Waals surface area contributed by atoms with E-state index in [1.807, 2.05) is 4.90 Å². The van der Waals surface area contributed by atoms with Gasteiger partial charge in [-0.3, -0.25) is 0 Å². The molecule has 1 amide bonds. The quantitative estimate of drug-likeness (QED) is 0.207. The second-order valence-corrected chi connectivity index (χ2v) is 11.7. The van der Waals surface area contributed by atoms with Gasteiger partial charge in [-0.15, -0.1) is 24.8 Å². The van der Waals surface area contributed by atoms with Crippen LogP contribution in [0.25, 0.3) is 0 Å². The van der Waals surface area contributed by atoms with Gasteiger partial charge in [0.1, 0.15) is 6.10 Å². The largest absolute Gasteiger partial charge is 0.446 e. The van der Waals surface area contributed by atoms with Gasteiger partial charge in [-0.1, -0.05) is 50.2 Å². The van der Waals surface area contributed by atoms with E-state index < -0.39 is 0 Å². The second kappa shape index (κ2) is 16.5. The van der Waals surface area contributed by atoms with Crippen LogP contribution in [0.3, 0.4) is 0 Å². The molecular weight excluding hydrogens is 493 g/mol. The monoisotopic (exact) mass is 545 g/mol. The molecule has 0 aromatic heterocycles. The molecule has 0 saturated heterocycles. The minimum Gasteiger partial charge on any atom is -0.446 e. The maximum absolute atomic E-state index is 13.1. The Balaban J connectivity index is 0.00000228. The summed E-state index contributed by atoms with van der Waals surface area (Å²) in [5.74, 6) is 4.64. The maximum atomic E-state index is 13.1. The molecule has 3 saturated carbocycles. The fourth-order valence-electron chi connectivity index (χ4n) is 7.90. The Kier molecular flexibility index (Phi) is 14.5. The first-order valence-corrected chi connectivity index (χ1v) is 14.8. The Labute approximate surface area is 232 Å². The van der Waals surface area contributed by atoms with Crippen molar-refractivity contribution in [3.63, 3.8) is 0 Å². The number of hydrogen-bond acceptors (Lipinski definition) is 4. The number of allylic oxidation sites excluding steroid dienone is 1. The average Bonchev–Trinajstić information content (AvgIpc) is 3.34. The van der Waals surface area contributed by atoms with E-state index in [2.05, 4.69) is 6.08 Å². The van der Waals surface area contributed by atoms with Gasteiger partial charge >= 0.3 is 6.09 Å². The number of nitrogens with zero attached hydrogens (tertiary/aromatic N) is 1. The van der Waals surface area contributed by atoms with Crippen LogP contribution in [0, 0.1) is 29.6 Å². The van der Waals surface area contributed by atoms with Gasteiger partial charge in [0.25, 0.3) is 0 Å². The molecular formula is C29H53Cl2N3O2. The molecule has 0 aliphatic heterocycles. The summed E-state index contributed by atoms with van der Waals surface area (Å²) in [5, 5.41) is 0. The molecule has 5 nitrogen and oxygen atoms in total. The van der Waals surface area contributed by atoms with Crippen molar-refractivity contribution in [2.45, 2.75) is 109 Å². The minimum absolute atomic E-state index is 0. The number of rotatable bonds is 12. The minimum atomic E-state index is -0.110.